The van der Waals surface area contributed by atoms with Gasteiger partial charge in [0, 0.05) is 13.1 Å². The first-order valence-corrected chi connectivity index (χ1v) is 5.57. The Morgan fingerprint density at radius 3 is 2.31 bits per heavy atom. The molecule has 3 aliphatic heterocycles. The van der Waals surface area contributed by atoms with Crippen LogP contribution >= 0.6 is 0 Å². The van der Waals surface area contributed by atoms with Gasteiger partial charge in [-0.2, -0.15) is 0 Å². The van der Waals surface area contributed by atoms with Crippen molar-refractivity contribution in [2.45, 2.75) is 12.2 Å². The largest absolute Gasteiger partial charge is 0.365 e. The number of carbonyl (C=O) groups is 2. The van der Waals surface area contributed by atoms with Crippen molar-refractivity contribution in [3.8, 4) is 0 Å². The van der Waals surface area contributed by atoms with Crippen molar-refractivity contribution in [2.24, 2.45) is 11.8 Å². The zero-order valence-electron chi connectivity index (χ0n) is 9.05. The molecular formula is C11H14N2O3. The van der Waals surface area contributed by atoms with Crippen LogP contribution in [0.1, 0.15) is 0 Å². The second kappa shape index (κ2) is 3.40. The zero-order chi connectivity index (χ0) is 11.3. The van der Waals surface area contributed by atoms with Crippen LogP contribution < -0.4 is 5.32 Å². The molecule has 16 heavy (non-hydrogen) atoms. The van der Waals surface area contributed by atoms with E-state index >= 15 is 0 Å². The lowest BCUT2D eigenvalue weighted by Gasteiger charge is -2.16. The number of likely N-dealkylation sites (tertiary alicyclic amines) is 1. The number of rotatable bonds is 3. The van der Waals surface area contributed by atoms with Gasteiger partial charge in [0.05, 0.1) is 24.0 Å². The molecule has 86 valence electrons. The van der Waals surface area contributed by atoms with Crippen molar-refractivity contribution in [2.75, 3.05) is 20.1 Å². The smallest absolute Gasteiger partial charge is 0.236 e. The maximum Gasteiger partial charge on any atom is 0.236 e. The zero-order valence-corrected chi connectivity index (χ0v) is 9.05. The highest BCUT2D eigenvalue weighted by Crippen LogP contribution is 2.44. The van der Waals surface area contributed by atoms with Gasteiger partial charge in [-0.3, -0.25) is 14.5 Å². The van der Waals surface area contributed by atoms with Gasteiger partial charge in [-0.1, -0.05) is 12.2 Å². The average Bonchev–Trinajstić information content (AvgIpc) is 2.92. The van der Waals surface area contributed by atoms with Crippen molar-refractivity contribution < 1.29 is 14.3 Å². The Kier molecular flexibility index (Phi) is 2.12. The second-order valence-electron chi connectivity index (χ2n) is 4.43. The van der Waals surface area contributed by atoms with Gasteiger partial charge >= 0.3 is 0 Å². The standard InChI is InChI=1S/C11H14N2O3/c1-12-4-5-13-10(14)8-6-2-3-7(16-6)9(8)11(13)15/h2-3,6-9,12H,4-5H2,1H3. The third kappa shape index (κ3) is 1.13. The molecule has 0 aromatic carbocycles. The van der Waals surface area contributed by atoms with E-state index in [9.17, 15) is 9.59 Å². The van der Waals surface area contributed by atoms with Crippen molar-refractivity contribution in [3.63, 3.8) is 0 Å². The molecule has 4 unspecified atom stereocenters. The molecule has 3 rings (SSSR count). The average molecular weight is 222 g/mol. The summed E-state index contributed by atoms with van der Waals surface area (Å²) in [6.45, 7) is 1.10. The molecule has 2 amide bonds. The van der Waals surface area contributed by atoms with E-state index in [-0.39, 0.29) is 35.9 Å². The highest BCUT2D eigenvalue weighted by molar-refractivity contribution is 6.06. The summed E-state index contributed by atoms with van der Waals surface area (Å²) in [5, 5.41) is 2.95. The summed E-state index contributed by atoms with van der Waals surface area (Å²) in [5.74, 6) is -0.664. The Morgan fingerprint density at radius 2 is 1.81 bits per heavy atom. The quantitative estimate of drug-likeness (QED) is 0.499. The number of amides is 2. The summed E-state index contributed by atoms with van der Waals surface area (Å²) in [6.07, 6.45) is 3.45. The first-order chi connectivity index (χ1) is 7.74. The maximum absolute atomic E-state index is 12.1. The molecule has 0 aliphatic carbocycles. The van der Waals surface area contributed by atoms with Gasteiger partial charge in [-0.05, 0) is 7.05 Å². The van der Waals surface area contributed by atoms with Crippen LogP contribution in [0.5, 0.6) is 0 Å². The van der Waals surface area contributed by atoms with Gasteiger partial charge in [0.25, 0.3) is 0 Å². The van der Waals surface area contributed by atoms with E-state index in [0.29, 0.717) is 13.1 Å². The third-order valence-corrected chi connectivity index (χ3v) is 3.59. The number of fused-ring (bicyclic) bond motifs is 5. The molecule has 1 N–H and O–H groups in total. The lowest BCUT2D eigenvalue weighted by molar-refractivity contribution is -0.142. The Hall–Kier alpha value is -1.20. The molecule has 0 aromatic heterocycles. The normalized spacial score (nSPS) is 39.9. The van der Waals surface area contributed by atoms with E-state index in [1.807, 2.05) is 12.2 Å². The summed E-state index contributed by atoms with van der Waals surface area (Å²) in [5.41, 5.74) is 0. The van der Waals surface area contributed by atoms with Gasteiger partial charge < -0.3 is 10.1 Å². The van der Waals surface area contributed by atoms with E-state index in [4.69, 9.17) is 4.74 Å². The van der Waals surface area contributed by atoms with Crippen LogP contribution in [0, 0.1) is 11.8 Å². The summed E-state index contributed by atoms with van der Waals surface area (Å²) in [6, 6.07) is 0. The summed E-state index contributed by atoms with van der Waals surface area (Å²) in [7, 11) is 1.81. The number of imide groups is 1. The van der Waals surface area contributed by atoms with Crippen LogP contribution in [0.3, 0.4) is 0 Å². The lowest BCUT2D eigenvalue weighted by atomic mass is 9.85. The fourth-order valence-electron chi connectivity index (χ4n) is 2.81. The molecule has 2 fully saturated rings. The molecule has 0 radical (unpaired) electrons. The molecular weight excluding hydrogens is 208 g/mol. The van der Waals surface area contributed by atoms with E-state index in [2.05, 4.69) is 5.32 Å². The third-order valence-electron chi connectivity index (χ3n) is 3.59. The van der Waals surface area contributed by atoms with E-state index in [1.165, 1.54) is 4.90 Å². The first-order valence-electron chi connectivity index (χ1n) is 5.57. The number of hydrogen-bond acceptors (Lipinski definition) is 4. The summed E-state index contributed by atoms with van der Waals surface area (Å²) < 4.78 is 5.54. The molecule has 0 aromatic rings. The second-order valence-corrected chi connectivity index (χ2v) is 4.43. The number of nitrogens with zero attached hydrogens (tertiary/aromatic N) is 1. The number of hydrogen-bond donors (Lipinski definition) is 1. The van der Waals surface area contributed by atoms with Gasteiger partial charge in [0.2, 0.25) is 11.8 Å². The van der Waals surface area contributed by atoms with Crippen LogP contribution in [-0.4, -0.2) is 49.1 Å². The predicted octanol–water partition coefficient (Wildman–Crippen LogP) is -0.856. The Balaban J connectivity index is 1.83. The van der Waals surface area contributed by atoms with Crippen LogP contribution in [0.2, 0.25) is 0 Å². The van der Waals surface area contributed by atoms with E-state index < -0.39 is 0 Å². The first kappa shape index (κ1) is 9.99. The summed E-state index contributed by atoms with van der Waals surface area (Å²) in [4.78, 5) is 25.5. The van der Waals surface area contributed by atoms with Gasteiger partial charge in [-0.15, -0.1) is 0 Å². The number of likely N-dealkylation sites (N-methyl/N-ethyl adjacent to an activating group) is 1. The van der Waals surface area contributed by atoms with Crippen molar-refractivity contribution in [1.29, 1.82) is 0 Å². The van der Waals surface area contributed by atoms with Gasteiger partial charge in [0.1, 0.15) is 0 Å². The highest BCUT2D eigenvalue weighted by Gasteiger charge is 2.60. The Bertz CT molecular complexity index is 349. The summed E-state index contributed by atoms with van der Waals surface area (Å²) >= 11 is 0. The highest BCUT2D eigenvalue weighted by atomic mass is 16.5. The molecule has 4 atom stereocenters. The van der Waals surface area contributed by atoms with E-state index in [0.717, 1.165) is 0 Å². The van der Waals surface area contributed by atoms with Gasteiger partial charge in [0.15, 0.2) is 0 Å². The molecule has 2 bridgehead atoms. The van der Waals surface area contributed by atoms with Crippen molar-refractivity contribution >= 4 is 11.8 Å². The number of ether oxygens (including phenoxy) is 1. The number of carbonyl (C=O) groups excluding carboxylic acids is 2. The monoisotopic (exact) mass is 222 g/mol. The molecule has 3 heterocycles. The minimum atomic E-state index is -0.264. The fourth-order valence-corrected chi connectivity index (χ4v) is 2.81. The lowest BCUT2D eigenvalue weighted by Crippen LogP contribution is -2.38. The van der Waals surface area contributed by atoms with Crippen LogP contribution in [0.25, 0.3) is 0 Å². The SMILES string of the molecule is CNCCN1C(=O)C2C3C=CC(O3)C2C1=O. The minimum Gasteiger partial charge on any atom is -0.365 e. The molecule has 2 saturated heterocycles. The van der Waals surface area contributed by atoms with Crippen LogP contribution in [-0.2, 0) is 14.3 Å². The maximum atomic E-state index is 12.1. The van der Waals surface area contributed by atoms with Crippen molar-refractivity contribution in [3.05, 3.63) is 12.2 Å². The van der Waals surface area contributed by atoms with Crippen LogP contribution in [0.4, 0.5) is 0 Å². The number of nitrogens with one attached hydrogen (secondary N) is 1. The van der Waals surface area contributed by atoms with Crippen LogP contribution in [0.15, 0.2) is 12.2 Å². The fraction of sp³-hybridized carbons (Fsp3) is 0.636. The topological polar surface area (TPSA) is 58.6 Å². The Morgan fingerprint density at radius 1 is 1.25 bits per heavy atom. The predicted molar refractivity (Wildman–Crippen MR) is 55.4 cm³/mol. The molecule has 5 nitrogen and oxygen atoms in total. The molecule has 0 saturated carbocycles. The van der Waals surface area contributed by atoms with Crippen molar-refractivity contribution in [1.82, 2.24) is 10.2 Å². The Labute approximate surface area is 93.4 Å². The molecule has 5 heteroatoms. The minimum absolute atomic E-state index is 0.0675. The van der Waals surface area contributed by atoms with Gasteiger partial charge in [-0.25, -0.2) is 0 Å². The molecule has 3 aliphatic rings. The van der Waals surface area contributed by atoms with E-state index in [1.54, 1.807) is 7.05 Å². The molecule has 0 spiro atoms.